The molecule has 0 bridgehead atoms. The largest absolute Gasteiger partial charge is 0.492 e. The first-order chi connectivity index (χ1) is 18.9. The van der Waals surface area contributed by atoms with Gasteiger partial charge < -0.3 is 15.0 Å². The number of nitrogens with one attached hydrogen (secondary N) is 2. The molecule has 1 fully saturated rings. The number of piperazine rings is 1. The summed E-state index contributed by atoms with van der Waals surface area (Å²) in [7, 11) is -3.67. The van der Waals surface area contributed by atoms with Crippen LogP contribution in [0.15, 0.2) is 77.7 Å². The highest BCUT2D eigenvalue weighted by molar-refractivity contribution is 7.92. The monoisotopic (exact) mass is 601 g/mol. The van der Waals surface area contributed by atoms with Gasteiger partial charge in [-0.1, -0.05) is 35.6 Å². The molecule has 0 spiro atoms. The maximum Gasteiger partial charge on any atom is 0.261 e. The van der Waals surface area contributed by atoms with Gasteiger partial charge in [0.05, 0.1) is 16.2 Å². The van der Waals surface area contributed by atoms with E-state index in [0.29, 0.717) is 24.4 Å². The van der Waals surface area contributed by atoms with Gasteiger partial charge >= 0.3 is 0 Å². The summed E-state index contributed by atoms with van der Waals surface area (Å²) >= 11 is 1.69. The number of amides is 1. The Balaban J connectivity index is 0.00000370. The van der Waals surface area contributed by atoms with Crippen LogP contribution in [0.2, 0.25) is 0 Å². The molecule has 12 heteroatoms. The molecule has 2 N–H and O–H groups in total. The number of hydrogen-bond donors (Lipinski definition) is 2. The molecule has 212 valence electrons. The minimum atomic E-state index is -3.67. The van der Waals surface area contributed by atoms with Gasteiger partial charge in [0, 0.05) is 50.5 Å². The fourth-order valence-electron chi connectivity index (χ4n) is 4.41. The number of halogens is 1. The summed E-state index contributed by atoms with van der Waals surface area (Å²) in [5.74, 6) is 0.640. The number of rotatable bonds is 10. The zero-order valence-corrected chi connectivity index (χ0v) is 24.5. The molecule has 1 aromatic heterocycles. The first-order valence-electron chi connectivity index (χ1n) is 12.9. The lowest BCUT2D eigenvalue weighted by Gasteiger charge is -2.34. The van der Waals surface area contributed by atoms with Crippen LogP contribution in [0.5, 0.6) is 5.75 Å². The summed E-state index contributed by atoms with van der Waals surface area (Å²) < 4.78 is 34.4. The molecule has 1 saturated heterocycles. The van der Waals surface area contributed by atoms with Crippen molar-refractivity contribution in [2.75, 3.05) is 55.5 Å². The molecule has 5 rings (SSSR count). The van der Waals surface area contributed by atoms with Gasteiger partial charge in [-0.3, -0.25) is 14.4 Å². The molecule has 1 aliphatic rings. The second kappa shape index (κ2) is 13.3. The molecule has 9 nitrogen and oxygen atoms in total. The van der Waals surface area contributed by atoms with Gasteiger partial charge in [-0.15, -0.1) is 12.4 Å². The van der Waals surface area contributed by atoms with E-state index in [4.69, 9.17) is 9.72 Å². The Bertz CT molecular complexity index is 1520. The minimum Gasteiger partial charge on any atom is -0.492 e. The first-order valence-corrected chi connectivity index (χ1v) is 15.2. The Kier molecular flexibility index (Phi) is 9.85. The Labute approximate surface area is 244 Å². The number of fused-ring (bicyclic) bond motifs is 1. The van der Waals surface area contributed by atoms with Gasteiger partial charge in [-0.25, -0.2) is 13.4 Å². The number of anilines is 2. The van der Waals surface area contributed by atoms with E-state index >= 15 is 0 Å². The van der Waals surface area contributed by atoms with Crippen LogP contribution in [0.4, 0.5) is 10.8 Å². The molecule has 4 aromatic rings. The van der Waals surface area contributed by atoms with Crippen LogP contribution in [0.1, 0.15) is 17.3 Å². The van der Waals surface area contributed by atoms with Crippen LogP contribution < -0.4 is 19.7 Å². The molecule has 1 aliphatic heterocycles. The third kappa shape index (κ3) is 7.03. The highest BCUT2D eigenvalue weighted by Crippen LogP contribution is 2.34. The van der Waals surface area contributed by atoms with E-state index in [-0.39, 0.29) is 23.2 Å². The van der Waals surface area contributed by atoms with E-state index in [0.717, 1.165) is 53.8 Å². The average molecular weight is 602 g/mol. The third-order valence-corrected chi connectivity index (χ3v) is 8.96. The van der Waals surface area contributed by atoms with Crippen LogP contribution in [-0.4, -0.2) is 70.1 Å². The Morgan fingerprint density at radius 3 is 2.40 bits per heavy atom. The van der Waals surface area contributed by atoms with E-state index in [2.05, 4.69) is 25.9 Å². The fraction of sp³-hybridized carbons (Fsp3) is 0.286. The zero-order chi connectivity index (χ0) is 27.2. The van der Waals surface area contributed by atoms with Crippen LogP contribution >= 0.6 is 23.7 Å². The molecule has 0 atom stereocenters. The van der Waals surface area contributed by atoms with E-state index in [1.165, 1.54) is 12.1 Å². The standard InChI is InChI=1S/C28H31N5O4S2.ClH/c1-2-37-24-9-6-10-25-26(24)30-28(38-25)33-19-17-32(18-20-33)16-15-29-27(34)21-11-13-22(14-12-21)31-39(35,36)23-7-4-3-5-8-23;/h3-14,31H,2,15-20H2,1H3,(H,29,34);1H. The molecular weight excluding hydrogens is 570 g/mol. The quantitative estimate of drug-likeness (QED) is 0.276. The second-order valence-electron chi connectivity index (χ2n) is 9.11. The topological polar surface area (TPSA) is 104 Å². The molecule has 40 heavy (non-hydrogen) atoms. The van der Waals surface area contributed by atoms with Crippen molar-refractivity contribution in [3.63, 3.8) is 0 Å². The van der Waals surface area contributed by atoms with Gasteiger partial charge in [0.25, 0.3) is 15.9 Å². The van der Waals surface area contributed by atoms with E-state index in [1.807, 2.05) is 19.1 Å². The van der Waals surface area contributed by atoms with Crippen molar-refractivity contribution in [2.45, 2.75) is 11.8 Å². The normalized spacial score (nSPS) is 14.0. The molecule has 0 saturated carbocycles. The first kappa shape index (κ1) is 29.6. The van der Waals surface area contributed by atoms with Crippen molar-refractivity contribution in [3.05, 3.63) is 78.4 Å². The lowest BCUT2D eigenvalue weighted by atomic mass is 10.2. The molecule has 0 unspecified atom stereocenters. The van der Waals surface area contributed by atoms with Crippen molar-refractivity contribution in [1.29, 1.82) is 0 Å². The van der Waals surface area contributed by atoms with Crippen LogP contribution in [0.3, 0.4) is 0 Å². The number of carbonyl (C=O) groups is 1. The molecule has 3 aromatic carbocycles. The summed E-state index contributed by atoms with van der Waals surface area (Å²) in [6.45, 7) is 7.40. The molecular formula is C28H32ClN5O4S2. The molecule has 0 radical (unpaired) electrons. The minimum absolute atomic E-state index is 0. The number of para-hydroxylation sites is 1. The SMILES string of the molecule is CCOc1cccc2sc(N3CCN(CCNC(=O)c4ccc(NS(=O)(=O)c5ccccc5)cc4)CC3)nc12.Cl. The highest BCUT2D eigenvalue weighted by Gasteiger charge is 2.21. The predicted octanol–water partition coefficient (Wildman–Crippen LogP) is 4.47. The van der Waals surface area contributed by atoms with Crippen molar-refractivity contribution in [2.24, 2.45) is 0 Å². The van der Waals surface area contributed by atoms with E-state index < -0.39 is 10.0 Å². The van der Waals surface area contributed by atoms with Gasteiger partial charge in [-0.2, -0.15) is 0 Å². The number of benzene rings is 3. The summed E-state index contributed by atoms with van der Waals surface area (Å²) in [6, 6.07) is 20.6. The highest BCUT2D eigenvalue weighted by atomic mass is 35.5. The van der Waals surface area contributed by atoms with Crippen LogP contribution in [0.25, 0.3) is 10.2 Å². The maximum atomic E-state index is 12.6. The Hall–Kier alpha value is -3.38. The number of thiazole rings is 1. The number of hydrogen-bond acceptors (Lipinski definition) is 8. The van der Waals surface area contributed by atoms with Crippen LogP contribution in [-0.2, 0) is 10.0 Å². The van der Waals surface area contributed by atoms with Gasteiger partial charge in [0.15, 0.2) is 5.13 Å². The van der Waals surface area contributed by atoms with Crippen molar-refractivity contribution in [1.82, 2.24) is 15.2 Å². The number of nitrogens with zero attached hydrogens (tertiary/aromatic N) is 3. The predicted molar refractivity (Wildman–Crippen MR) is 163 cm³/mol. The number of carbonyl (C=O) groups excluding carboxylic acids is 1. The lowest BCUT2D eigenvalue weighted by Crippen LogP contribution is -2.48. The van der Waals surface area contributed by atoms with Gasteiger partial charge in [0.1, 0.15) is 11.3 Å². The Morgan fingerprint density at radius 2 is 1.70 bits per heavy atom. The summed E-state index contributed by atoms with van der Waals surface area (Å²) in [5.41, 5.74) is 1.80. The van der Waals surface area contributed by atoms with E-state index in [9.17, 15) is 13.2 Å². The van der Waals surface area contributed by atoms with Gasteiger partial charge in [0.2, 0.25) is 0 Å². The van der Waals surface area contributed by atoms with Crippen molar-refractivity contribution < 1.29 is 17.9 Å². The van der Waals surface area contributed by atoms with Crippen molar-refractivity contribution >= 4 is 60.7 Å². The van der Waals surface area contributed by atoms with Crippen molar-refractivity contribution in [3.8, 4) is 5.75 Å². The maximum absolute atomic E-state index is 12.6. The second-order valence-corrected chi connectivity index (χ2v) is 11.8. The number of ether oxygens (including phenoxy) is 1. The number of aromatic nitrogens is 1. The van der Waals surface area contributed by atoms with Crippen LogP contribution in [0, 0.1) is 0 Å². The molecule has 1 amide bonds. The fourth-order valence-corrected chi connectivity index (χ4v) is 6.53. The third-order valence-electron chi connectivity index (χ3n) is 6.48. The molecule has 2 heterocycles. The van der Waals surface area contributed by atoms with E-state index in [1.54, 1.807) is 53.8 Å². The Morgan fingerprint density at radius 1 is 0.975 bits per heavy atom. The smallest absolute Gasteiger partial charge is 0.261 e. The summed E-state index contributed by atoms with van der Waals surface area (Å²) in [5, 5.41) is 3.98. The van der Waals surface area contributed by atoms with Gasteiger partial charge in [-0.05, 0) is 55.5 Å². The number of sulfonamides is 1. The average Bonchev–Trinajstić information content (AvgIpc) is 3.40. The zero-order valence-electron chi connectivity index (χ0n) is 22.1. The molecule has 0 aliphatic carbocycles. The summed E-state index contributed by atoms with van der Waals surface area (Å²) in [6.07, 6.45) is 0. The lowest BCUT2D eigenvalue weighted by molar-refractivity contribution is 0.0948. The summed E-state index contributed by atoms with van der Waals surface area (Å²) in [4.78, 5) is 22.3.